The van der Waals surface area contributed by atoms with Crippen molar-refractivity contribution in [1.29, 1.82) is 0 Å². The highest BCUT2D eigenvalue weighted by molar-refractivity contribution is 7.19. The van der Waals surface area contributed by atoms with Crippen LogP contribution in [-0.4, -0.2) is 16.0 Å². The topological polar surface area (TPSA) is 92.9 Å². The van der Waals surface area contributed by atoms with Crippen LogP contribution >= 0.6 is 11.3 Å². The third-order valence-electron chi connectivity index (χ3n) is 5.54. The molecule has 0 saturated carbocycles. The van der Waals surface area contributed by atoms with E-state index in [2.05, 4.69) is 32.7 Å². The first-order chi connectivity index (χ1) is 16.6. The van der Waals surface area contributed by atoms with Gasteiger partial charge in [0.25, 0.3) is 0 Å². The zero-order valence-electron chi connectivity index (χ0n) is 18.6. The van der Waals surface area contributed by atoms with Gasteiger partial charge < -0.3 is 16.4 Å². The van der Waals surface area contributed by atoms with Crippen LogP contribution < -0.4 is 16.4 Å². The minimum absolute atomic E-state index is 0.292. The number of anilines is 3. The molecule has 2 amide bonds. The Morgan fingerprint density at radius 3 is 2.21 bits per heavy atom. The van der Waals surface area contributed by atoms with E-state index < -0.39 is 0 Å². The third-order valence-corrected chi connectivity index (χ3v) is 6.64. The molecule has 168 valence electrons. The van der Waals surface area contributed by atoms with Gasteiger partial charge in [-0.2, -0.15) is 0 Å². The number of amides is 2. The molecule has 2 heterocycles. The molecule has 0 atom stereocenters. The second-order valence-corrected chi connectivity index (χ2v) is 9.11. The van der Waals surface area contributed by atoms with Gasteiger partial charge >= 0.3 is 6.03 Å². The van der Waals surface area contributed by atoms with Crippen molar-refractivity contribution in [1.82, 2.24) is 9.97 Å². The number of urea groups is 1. The summed E-state index contributed by atoms with van der Waals surface area (Å²) in [5, 5.41) is 6.60. The van der Waals surface area contributed by atoms with Crippen molar-refractivity contribution in [2.45, 2.75) is 13.3 Å². The predicted octanol–water partition coefficient (Wildman–Crippen LogP) is 6.48. The quantitative estimate of drug-likeness (QED) is 0.277. The summed E-state index contributed by atoms with van der Waals surface area (Å²) in [5.74, 6) is 0.468. The van der Waals surface area contributed by atoms with Crippen LogP contribution in [0.15, 0.2) is 85.2 Å². The number of nitrogens with one attached hydrogen (secondary N) is 2. The fraction of sp³-hybridized carbons (Fsp3) is 0.0741. The zero-order valence-corrected chi connectivity index (χ0v) is 19.4. The van der Waals surface area contributed by atoms with Gasteiger partial charge in [0.1, 0.15) is 17.0 Å². The Bertz CT molecular complexity index is 1440. The van der Waals surface area contributed by atoms with Crippen molar-refractivity contribution in [3.05, 3.63) is 101 Å². The fourth-order valence-electron chi connectivity index (χ4n) is 3.86. The molecule has 5 rings (SSSR count). The summed E-state index contributed by atoms with van der Waals surface area (Å²) >= 11 is 1.63. The predicted molar refractivity (Wildman–Crippen MR) is 140 cm³/mol. The van der Waals surface area contributed by atoms with Crippen molar-refractivity contribution in [2.24, 2.45) is 0 Å². The molecule has 0 aliphatic rings. The van der Waals surface area contributed by atoms with Gasteiger partial charge in [-0.05, 0) is 42.3 Å². The molecule has 0 radical (unpaired) electrons. The van der Waals surface area contributed by atoms with Crippen LogP contribution in [0.4, 0.5) is 22.0 Å². The van der Waals surface area contributed by atoms with E-state index >= 15 is 0 Å². The number of rotatable bonds is 5. The number of thiophene rings is 1. The summed E-state index contributed by atoms with van der Waals surface area (Å²) in [4.78, 5) is 23.1. The molecular weight excluding hydrogens is 442 g/mol. The Morgan fingerprint density at radius 2 is 1.53 bits per heavy atom. The van der Waals surface area contributed by atoms with E-state index in [1.165, 1.54) is 16.8 Å². The molecule has 6 nitrogen and oxygen atoms in total. The molecule has 0 spiro atoms. The normalized spacial score (nSPS) is 10.9. The SMILES string of the molecule is Cc1ccc(NC(=O)Nc2ccc(-c3c(Cc4ccccc4)sc4ncnc(N)c34)cc2)cc1. The number of fused-ring (bicyclic) bond motifs is 1. The number of aromatic nitrogens is 2. The van der Waals surface area contributed by atoms with Crippen molar-refractivity contribution in [3.8, 4) is 11.1 Å². The number of hydrogen-bond donors (Lipinski definition) is 3. The average Bonchev–Trinajstić information content (AvgIpc) is 3.21. The molecule has 0 unspecified atom stereocenters. The summed E-state index contributed by atoms with van der Waals surface area (Å²) in [6.45, 7) is 2.01. The maximum atomic E-state index is 12.4. The Labute approximate surface area is 201 Å². The highest BCUT2D eigenvalue weighted by Crippen LogP contribution is 2.41. The van der Waals surface area contributed by atoms with E-state index in [0.717, 1.165) is 39.0 Å². The van der Waals surface area contributed by atoms with Crippen molar-refractivity contribution >= 4 is 44.8 Å². The summed E-state index contributed by atoms with van der Waals surface area (Å²) in [5.41, 5.74) is 12.1. The van der Waals surface area contributed by atoms with Crippen LogP contribution in [0.1, 0.15) is 16.0 Å². The van der Waals surface area contributed by atoms with Gasteiger partial charge in [0, 0.05) is 28.2 Å². The van der Waals surface area contributed by atoms with Crippen molar-refractivity contribution in [3.63, 3.8) is 0 Å². The van der Waals surface area contributed by atoms with Gasteiger partial charge in [0.15, 0.2) is 0 Å². The lowest BCUT2D eigenvalue weighted by molar-refractivity contribution is 0.262. The Hall–Kier alpha value is -4.23. The average molecular weight is 466 g/mol. The van der Waals surface area contributed by atoms with E-state index in [0.29, 0.717) is 11.5 Å². The molecular formula is C27H23N5OS. The number of nitrogen functional groups attached to an aromatic ring is 1. The monoisotopic (exact) mass is 465 g/mol. The highest BCUT2D eigenvalue weighted by Gasteiger charge is 2.18. The van der Waals surface area contributed by atoms with Crippen LogP contribution in [0.2, 0.25) is 0 Å². The van der Waals surface area contributed by atoms with Crippen LogP contribution in [0, 0.1) is 6.92 Å². The number of carbonyl (C=O) groups excluding carboxylic acids is 1. The van der Waals surface area contributed by atoms with Gasteiger partial charge in [-0.1, -0.05) is 60.2 Å². The Morgan fingerprint density at radius 1 is 0.882 bits per heavy atom. The molecule has 34 heavy (non-hydrogen) atoms. The van der Waals surface area contributed by atoms with Crippen LogP contribution in [0.3, 0.4) is 0 Å². The molecule has 2 aromatic heterocycles. The number of nitrogens with zero attached hydrogens (tertiary/aromatic N) is 2. The molecule has 5 aromatic rings. The maximum Gasteiger partial charge on any atom is 0.323 e. The number of hydrogen-bond acceptors (Lipinski definition) is 5. The molecule has 0 saturated heterocycles. The van der Waals surface area contributed by atoms with E-state index in [9.17, 15) is 4.79 Å². The molecule has 0 bridgehead atoms. The van der Waals surface area contributed by atoms with Crippen LogP contribution in [-0.2, 0) is 6.42 Å². The minimum atomic E-state index is -0.292. The zero-order chi connectivity index (χ0) is 23.5. The van der Waals surface area contributed by atoms with Crippen LogP contribution in [0.5, 0.6) is 0 Å². The Balaban J connectivity index is 1.42. The summed E-state index contributed by atoms with van der Waals surface area (Å²) in [6, 6.07) is 25.5. The number of aryl methyl sites for hydroxylation is 1. The van der Waals surface area contributed by atoms with Crippen LogP contribution in [0.25, 0.3) is 21.3 Å². The lowest BCUT2D eigenvalue weighted by Crippen LogP contribution is -2.19. The molecule has 0 aliphatic carbocycles. The van der Waals surface area contributed by atoms with Crippen molar-refractivity contribution < 1.29 is 4.79 Å². The highest BCUT2D eigenvalue weighted by atomic mass is 32.1. The van der Waals surface area contributed by atoms with E-state index in [1.807, 2.05) is 73.7 Å². The van der Waals surface area contributed by atoms with E-state index in [4.69, 9.17) is 5.73 Å². The largest absolute Gasteiger partial charge is 0.383 e. The number of carbonyl (C=O) groups is 1. The fourth-order valence-corrected chi connectivity index (χ4v) is 5.07. The van der Waals surface area contributed by atoms with Gasteiger partial charge in [0.05, 0.1) is 5.39 Å². The third kappa shape index (κ3) is 4.60. The van der Waals surface area contributed by atoms with Crippen molar-refractivity contribution in [2.75, 3.05) is 16.4 Å². The standard InChI is InChI=1S/C27H23N5OS/c1-17-7-11-20(12-8-17)31-27(33)32-21-13-9-19(10-14-21)23-22(15-18-5-3-2-4-6-18)34-26-24(23)25(28)29-16-30-26/h2-14,16H,15H2,1H3,(H2,28,29,30)(H2,31,32,33). The van der Waals surface area contributed by atoms with Gasteiger partial charge in [-0.25, -0.2) is 14.8 Å². The molecule has 0 fully saturated rings. The summed E-state index contributed by atoms with van der Waals surface area (Å²) < 4.78 is 0. The molecule has 7 heteroatoms. The lowest BCUT2D eigenvalue weighted by atomic mass is 9.99. The Kier molecular flexibility index (Phi) is 5.93. The minimum Gasteiger partial charge on any atom is -0.383 e. The van der Waals surface area contributed by atoms with E-state index in [-0.39, 0.29) is 6.03 Å². The number of benzene rings is 3. The first-order valence-electron chi connectivity index (χ1n) is 10.9. The van der Waals surface area contributed by atoms with Gasteiger partial charge in [0.2, 0.25) is 0 Å². The first-order valence-corrected chi connectivity index (χ1v) is 11.7. The second kappa shape index (κ2) is 9.33. The maximum absolute atomic E-state index is 12.4. The van der Waals surface area contributed by atoms with E-state index in [1.54, 1.807) is 11.3 Å². The lowest BCUT2D eigenvalue weighted by Gasteiger charge is -2.10. The molecule has 0 aliphatic heterocycles. The summed E-state index contributed by atoms with van der Waals surface area (Å²) in [6.07, 6.45) is 2.28. The smallest absolute Gasteiger partial charge is 0.323 e. The first kappa shape index (κ1) is 21.6. The second-order valence-electron chi connectivity index (χ2n) is 8.02. The molecule has 3 aromatic carbocycles. The van der Waals surface area contributed by atoms with Gasteiger partial charge in [-0.3, -0.25) is 0 Å². The molecule has 4 N–H and O–H groups in total. The van der Waals surface area contributed by atoms with Gasteiger partial charge in [-0.15, -0.1) is 11.3 Å². The summed E-state index contributed by atoms with van der Waals surface area (Å²) in [7, 11) is 0. The number of nitrogens with two attached hydrogens (primary N) is 1.